The van der Waals surface area contributed by atoms with Gasteiger partial charge >= 0.3 is 0 Å². The van der Waals surface area contributed by atoms with E-state index in [1.807, 2.05) is 11.0 Å². The average molecular weight is 367 g/mol. The number of aromatic nitrogens is 1. The van der Waals surface area contributed by atoms with Crippen molar-refractivity contribution in [2.24, 2.45) is 0 Å². The Morgan fingerprint density at radius 3 is 2.70 bits per heavy atom. The maximum Gasteiger partial charge on any atom is 0.255 e. The van der Waals surface area contributed by atoms with E-state index >= 15 is 0 Å². The van der Waals surface area contributed by atoms with Crippen LogP contribution in [0.4, 0.5) is 0 Å². The van der Waals surface area contributed by atoms with Gasteiger partial charge in [0.25, 0.3) is 5.91 Å². The molecule has 2 aliphatic heterocycles. The molecule has 1 atom stereocenters. The van der Waals surface area contributed by atoms with Crippen molar-refractivity contribution in [3.05, 3.63) is 66.0 Å². The van der Waals surface area contributed by atoms with Crippen molar-refractivity contribution < 1.29 is 14.3 Å². The Morgan fingerprint density at radius 2 is 1.89 bits per heavy atom. The highest BCUT2D eigenvalue weighted by Crippen LogP contribution is 2.26. The summed E-state index contributed by atoms with van der Waals surface area (Å²) in [6.45, 7) is 4.58. The van der Waals surface area contributed by atoms with Crippen LogP contribution >= 0.6 is 0 Å². The lowest BCUT2D eigenvalue weighted by Crippen LogP contribution is -2.59. The van der Waals surface area contributed by atoms with Crippen LogP contribution < -0.4 is 0 Å². The zero-order chi connectivity index (χ0) is 18.5. The van der Waals surface area contributed by atoms with Gasteiger partial charge in [0.05, 0.1) is 31.9 Å². The van der Waals surface area contributed by atoms with E-state index in [0.717, 1.165) is 19.5 Å². The summed E-state index contributed by atoms with van der Waals surface area (Å²) in [5, 5.41) is 0. The standard InChI is InChI=1S/C21H25N3O3/c25-20(19-8-4-9-22-14-19)24-11-13-27-21(17-24)16-23(10-5-12-26-21)15-18-6-2-1-3-7-18/h1-4,6-9,14H,5,10-13,15-17H2. The molecule has 3 heterocycles. The minimum atomic E-state index is -0.763. The number of nitrogens with zero attached hydrogens (tertiary/aromatic N) is 3. The van der Waals surface area contributed by atoms with E-state index < -0.39 is 5.79 Å². The molecule has 4 rings (SSSR count). The molecule has 0 aliphatic carbocycles. The number of carbonyl (C=O) groups excluding carboxylic acids is 1. The number of rotatable bonds is 3. The first kappa shape index (κ1) is 18.1. The first-order valence-electron chi connectivity index (χ1n) is 9.48. The topological polar surface area (TPSA) is 54.9 Å². The van der Waals surface area contributed by atoms with Gasteiger partial charge in [0, 0.05) is 32.0 Å². The third kappa shape index (κ3) is 4.35. The number of amides is 1. The molecule has 2 aromatic rings. The van der Waals surface area contributed by atoms with Crippen LogP contribution in [0.1, 0.15) is 22.3 Å². The number of pyridine rings is 1. The molecule has 1 aromatic carbocycles. The number of carbonyl (C=O) groups is 1. The van der Waals surface area contributed by atoms with Gasteiger partial charge in [-0.25, -0.2) is 0 Å². The molecule has 142 valence electrons. The highest BCUT2D eigenvalue weighted by atomic mass is 16.7. The van der Waals surface area contributed by atoms with Crippen molar-refractivity contribution in [1.82, 2.24) is 14.8 Å². The fourth-order valence-corrected chi connectivity index (χ4v) is 3.77. The highest BCUT2D eigenvalue weighted by molar-refractivity contribution is 5.94. The predicted molar refractivity (Wildman–Crippen MR) is 101 cm³/mol. The molecule has 6 heteroatoms. The van der Waals surface area contributed by atoms with Gasteiger partial charge in [-0.1, -0.05) is 30.3 Å². The summed E-state index contributed by atoms with van der Waals surface area (Å²) in [7, 11) is 0. The van der Waals surface area contributed by atoms with Crippen LogP contribution in [-0.2, 0) is 16.0 Å². The predicted octanol–water partition coefficient (Wildman–Crippen LogP) is 2.17. The molecule has 0 N–H and O–H groups in total. The van der Waals surface area contributed by atoms with Crippen LogP contribution in [0.2, 0.25) is 0 Å². The van der Waals surface area contributed by atoms with Gasteiger partial charge in [0.1, 0.15) is 0 Å². The zero-order valence-corrected chi connectivity index (χ0v) is 15.4. The Bertz CT molecular complexity index is 756. The van der Waals surface area contributed by atoms with Gasteiger partial charge in [-0.05, 0) is 24.1 Å². The SMILES string of the molecule is O=C(c1cccnc1)N1CCOC2(CN(Cc3ccccc3)CCCO2)C1. The molecule has 0 radical (unpaired) electrons. The van der Waals surface area contributed by atoms with Crippen molar-refractivity contribution in [2.75, 3.05) is 39.4 Å². The summed E-state index contributed by atoms with van der Waals surface area (Å²) in [6, 6.07) is 14.0. The molecule has 27 heavy (non-hydrogen) atoms. The largest absolute Gasteiger partial charge is 0.347 e. The van der Waals surface area contributed by atoms with Crippen molar-refractivity contribution in [1.29, 1.82) is 0 Å². The molecule has 1 spiro atoms. The van der Waals surface area contributed by atoms with Crippen molar-refractivity contribution in [2.45, 2.75) is 18.8 Å². The Morgan fingerprint density at radius 1 is 1.04 bits per heavy atom. The monoisotopic (exact) mass is 367 g/mol. The average Bonchev–Trinajstić information content (AvgIpc) is 2.90. The van der Waals surface area contributed by atoms with Gasteiger partial charge in [-0.15, -0.1) is 0 Å². The second-order valence-corrected chi connectivity index (χ2v) is 7.13. The van der Waals surface area contributed by atoms with Crippen LogP contribution in [0, 0.1) is 0 Å². The number of benzene rings is 1. The number of hydrogen-bond donors (Lipinski definition) is 0. The quantitative estimate of drug-likeness (QED) is 0.832. The molecule has 0 saturated carbocycles. The lowest BCUT2D eigenvalue weighted by molar-refractivity contribution is -0.261. The second kappa shape index (κ2) is 8.17. The van der Waals surface area contributed by atoms with E-state index in [2.05, 4.69) is 34.1 Å². The van der Waals surface area contributed by atoms with Crippen LogP contribution in [0.15, 0.2) is 54.9 Å². The minimum Gasteiger partial charge on any atom is -0.347 e. The molecular weight excluding hydrogens is 342 g/mol. The summed E-state index contributed by atoms with van der Waals surface area (Å²) in [4.78, 5) is 21.1. The van der Waals surface area contributed by atoms with E-state index in [9.17, 15) is 4.79 Å². The van der Waals surface area contributed by atoms with Crippen LogP contribution in [0.25, 0.3) is 0 Å². The number of ether oxygens (including phenoxy) is 2. The van der Waals surface area contributed by atoms with Gasteiger partial charge in [-0.3, -0.25) is 14.7 Å². The normalized spacial score (nSPS) is 23.9. The van der Waals surface area contributed by atoms with Gasteiger partial charge in [0.2, 0.25) is 0 Å². The Labute approximate surface area is 159 Å². The Kier molecular flexibility index (Phi) is 5.48. The first-order chi connectivity index (χ1) is 13.2. The van der Waals surface area contributed by atoms with Crippen LogP contribution in [0.5, 0.6) is 0 Å². The summed E-state index contributed by atoms with van der Waals surface area (Å²) >= 11 is 0. The summed E-state index contributed by atoms with van der Waals surface area (Å²) in [5.74, 6) is -0.783. The third-order valence-electron chi connectivity index (χ3n) is 5.05. The third-order valence-corrected chi connectivity index (χ3v) is 5.05. The second-order valence-electron chi connectivity index (χ2n) is 7.13. The molecule has 2 fully saturated rings. The molecular formula is C21H25N3O3. The summed E-state index contributed by atoms with van der Waals surface area (Å²) in [5.41, 5.74) is 1.87. The van der Waals surface area contributed by atoms with Gasteiger partial charge in [0.15, 0.2) is 5.79 Å². The van der Waals surface area contributed by atoms with E-state index in [4.69, 9.17) is 9.47 Å². The van der Waals surface area contributed by atoms with Gasteiger partial charge < -0.3 is 14.4 Å². The summed E-state index contributed by atoms with van der Waals surface area (Å²) < 4.78 is 12.2. The molecule has 6 nitrogen and oxygen atoms in total. The van der Waals surface area contributed by atoms with E-state index in [1.54, 1.807) is 24.5 Å². The van der Waals surface area contributed by atoms with E-state index in [1.165, 1.54) is 5.56 Å². The molecule has 1 unspecified atom stereocenters. The number of hydrogen-bond acceptors (Lipinski definition) is 5. The Balaban J connectivity index is 1.47. The first-order valence-corrected chi connectivity index (χ1v) is 9.48. The van der Waals surface area contributed by atoms with Crippen molar-refractivity contribution in [3.8, 4) is 0 Å². The fraction of sp³-hybridized carbons (Fsp3) is 0.429. The number of morpholine rings is 1. The molecule has 1 aromatic heterocycles. The van der Waals surface area contributed by atoms with E-state index in [-0.39, 0.29) is 5.91 Å². The molecule has 0 bridgehead atoms. The van der Waals surface area contributed by atoms with Crippen molar-refractivity contribution in [3.63, 3.8) is 0 Å². The lowest BCUT2D eigenvalue weighted by Gasteiger charge is -2.43. The Hall–Kier alpha value is -2.28. The smallest absolute Gasteiger partial charge is 0.255 e. The summed E-state index contributed by atoms with van der Waals surface area (Å²) in [6.07, 6.45) is 4.24. The highest BCUT2D eigenvalue weighted by Gasteiger charge is 2.42. The fourth-order valence-electron chi connectivity index (χ4n) is 3.77. The maximum absolute atomic E-state index is 12.8. The van der Waals surface area contributed by atoms with Crippen molar-refractivity contribution >= 4 is 5.91 Å². The lowest BCUT2D eigenvalue weighted by atomic mass is 10.1. The molecule has 2 aliphatic rings. The van der Waals surface area contributed by atoms with Crippen LogP contribution in [-0.4, -0.2) is 65.9 Å². The maximum atomic E-state index is 12.8. The van der Waals surface area contributed by atoms with E-state index in [0.29, 0.717) is 38.4 Å². The van der Waals surface area contributed by atoms with Crippen LogP contribution in [0.3, 0.4) is 0 Å². The van der Waals surface area contributed by atoms with Gasteiger partial charge in [-0.2, -0.15) is 0 Å². The minimum absolute atomic E-state index is 0.0202. The molecule has 1 amide bonds. The molecule has 2 saturated heterocycles. The zero-order valence-electron chi connectivity index (χ0n) is 15.4.